The molecule has 6 heteroatoms. The van der Waals surface area contributed by atoms with Crippen molar-refractivity contribution in [3.8, 4) is 5.75 Å². The van der Waals surface area contributed by atoms with Gasteiger partial charge in [0.05, 0.1) is 0 Å². The highest BCUT2D eigenvalue weighted by molar-refractivity contribution is 9.10. The smallest absolute Gasteiger partial charge is 0.261 e. The number of ether oxygens (including phenoxy) is 1. The van der Waals surface area contributed by atoms with Crippen molar-refractivity contribution in [2.24, 2.45) is 0 Å². The molecule has 5 nitrogen and oxygen atoms in total. The Kier molecular flexibility index (Phi) is 8.69. The van der Waals surface area contributed by atoms with E-state index < -0.39 is 6.04 Å². The Hall–Kier alpha value is -2.34. The minimum absolute atomic E-state index is 0.133. The molecule has 0 aliphatic carbocycles. The Balaban J connectivity index is 2.26. The van der Waals surface area contributed by atoms with Gasteiger partial charge in [-0.15, -0.1) is 0 Å². The van der Waals surface area contributed by atoms with Crippen molar-refractivity contribution in [1.82, 2.24) is 10.2 Å². The number of amides is 2. The molecule has 0 saturated carbocycles. The van der Waals surface area contributed by atoms with Crippen LogP contribution in [-0.4, -0.2) is 34.9 Å². The van der Waals surface area contributed by atoms with Gasteiger partial charge in [0.25, 0.3) is 5.91 Å². The lowest BCUT2D eigenvalue weighted by Gasteiger charge is -2.33. The molecule has 2 amide bonds. The maximum atomic E-state index is 13.3. The van der Waals surface area contributed by atoms with Crippen LogP contribution in [0.15, 0.2) is 46.9 Å². The molecule has 0 saturated heterocycles. The fraction of sp³-hybridized carbons (Fsp3) is 0.440. The summed E-state index contributed by atoms with van der Waals surface area (Å²) in [7, 11) is 0. The highest BCUT2D eigenvalue weighted by atomic mass is 79.9. The maximum absolute atomic E-state index is 13.3. The van der Waals surface area contributed by atoms with E-state index in [1.165, 1.54) is 0 Å². The lowest BCUT2D eigenvalue weighted by atomic mass is 10.0. The molecule has 0 aliphatic rings. The van der Waals surface area contributed by atoms with Crippen LogP contribution < -0.4 is 10.1 Å². The van der Waals surface area contributed by atoms with Crippen molar-refractivity contribution in [2.75, 3.05) is 6.61 Å². The molecule has 0 aliphatic heterocycles. The van der Waals surface area contributed by atoms with Crippen LogP contribution in [0.4, 0.5) is 0 Å². The third kappa shape index (κ3) is 7.39. The minimum atomic E-state index is -0.582. The SMILES string of the molecule is CC[C@@H](C(=O)NC(C)(C)C)N(Cc1ccccc1C)C(=O)COc1ccc(Br)c(C)c1. The molecule has 2 aromatic carbocycles. The van der Waals surface area contributed by atoms with Crippen LogP contribution in [0.2, 0.25) is 0 Å². The lowest BCUT2D eigenvalue weighted by molar-refractivity contribution is -0.143. The summed E-state index contributed by atoms with van der Waals surface area (Å²) in [5, 5.41) is 3.01. The summed E-state index contributed by atoms with van der Waals surface area (Å²) in [4.78, 5) is 27.9. The van der Waals surface area contributed by atoms with Gasteiger partial charge in [-0.05, 0) is 75.9 Å². The van der Waals surface area contributed by atoms with Gasteiger partial charge in [0.15, 0.2) is 6.61 Å². The molecule has 1 N–H and O–H groups in total. The fourth-order valence-corrected chi connectivity index (χ4v) is 3.52. The average molecular weight is 489 g/mol. The second kappa shape index (κ2) is 10.8. The Bertz CT molecular complexity index is 921. The predicted octanol–water partition coefficient (Wildman–Crippen LogP) is 5.17. The van der Waals surface area contributed by atoms with Crippen LogP contribution in [0.1, 0.15) is 50.8 Å². The van der Waals surface area contributed by atoms with Crippen LogP contribution >= 0.6 is 15.9 Å². The molecule has 2 rings (SSSR count). The van der Waals surface area contributed by atoms with E-state index in [9.17, 15) is 9.59 Å². The largest absolute Gasteiger partial charge is 0.484 e. The van der Waals surface area contributed by atoms with Crippen LogP contribution in [0.3, 0.4) is 0 Å². The van der Waals surface area contributed by atoms with Crippen molar-refractivity contribution in [3.05, 3.63) is 63.6 Å². The number of carbonyl (C=O) groups is 2. The van der Waals surface area contributed by atoms with Crippen LogP contribution in [0.5, 0.6) is 5.75 Å². The number of nitrogens with one attached hydrogen (secondary N) is 1. The molecule has 0 fully saturated rings. The first-order valence-corrected chi connectivity index (χ1v) is 11.4. The van der Waals surface area contributed by atoms with Crippen LogP contribution in [-0.2, 0) is 16.1 Å². The first-order valence-electron chi connectivity index (χ1n) is 10.6. The molecule has 0 heterocycles. The monoisotopic (exact) mass is 488 g/mol. The second-order valence-corrected chi connectivity index (χ2v) is 9.67. The Morgan fingerprint density at radius 3 is 2.35 bits per heavy atom. The van der Waals surface area contributed by atoms with E-state index in [1.807, 2.05) is 84.0 Å². The van der Waals surface area contributed by atoms with Crippen molar-refractivity contribution in [3.63, 3.8) is 0 Å². The molecular formula is C25H33BrN2O3. The summed E-state index contributed by atoms with van der Waals surface area (Å²) in [6.07, 6.45) is 0.511. The Morgan fingerprint density at radius 1 is 1.10 bits per heavy atom. The van der Waals surface area contributed by atoms with Gasteiger partial charge in [-0.25, -0.2) is 0 Å². The van der Waals surface area contributed by atoms with Crippen molar-refractivity contribution in [1.29, 1.82) is 0 Å². The minimum Gasteiger partial charge on any atom is -0.484 e. The third-order valence-corrected chi connectivity index (χ3v) is 5.87. The van der Waals surface area contributed by atoms with E-state index in [0.717, 1.165) is 21.2 Å². The molecule has 0 radical (unpaired) electrons. The number of carbonyl (C=O) groups excluding carboxylic acids is 2. The number of hydrogen-bond acceptors (Lipinski definition) is 3. The normalized spacial score (nSPS) is 12.2. The van der Waals surface area contributed by atoms with E-state index in [4.69, 9.17) is 4.74 Å². The fourth-order valence-electron chi connectivity index (χ4n) is 3.28. The van der Waals surface area contributed by atoms with E-state index in [2.05, 4.69) is 21.2 Å². The molecular weight excluding hydrogens is 456 g/mol. The second-order valence-electron chi connectivity index (χ2n) is 8.81. The number of rotatable bonds is 8. The van der Waals surface area contributed by atoms with Gasteiger partial charge in [-0.3, -0.25) is 9.59 Å². The Labute approximate surface area is 194 Å². The lowest BCUT2D eigenvalue weighted by Crippen LogP contribution is -2.54. The van der Waals surface area contributed by atoms with E-state index >= 15 is 0 Å². The summed E-state index contributed by atoms with van der Waals surface area (Å²) >= 11 is 3.47. The molecule has 0 aromatic heterocycles. The first kappa shape index (κ1) is 24.9. The topological polar surface area (TPSA) is 58.6 Å². The first-order chi connectivity index (χ1) is 14.5. The van der Waals surface area contributed by atoms with Gasteiger partial charge in [-0.2, -0.15) is 0 Å². The zero-order chi connectivity index (χ0) is 23.2. The zero-order valence-electron chi connectivity index (χ0n) is 19.3. The number of aryl methyl sites for hydroxylation is 2. The van der Waals surface area contributed by atoms with E-state index in [1.54, 1.807) is 4.90 Å². The number of hydrogen-bond donors (Lipinski definition) is 1. The van der Waals surface area contributed by atoms with E-state index in [0.29, 0.717) is 18.7 Å². The number of halogens is 1. The van der Waals surface area contributed by atoms with Gasteiger partial charge in [0, 0.05) is 16.6 Å². The zero-order valence-corrected chi connectivity index (χ0v) is 20.9. The molecule has 2 aromatic rings. The van der Waals surface area contributed by atoms with E-state index in [-0.39, 0.29) is 24.0 Å². The van der Waals surface area contributed by atoms with Gasteiger partial charge in [-0.1, -0.05) is 47.1 Å². The van der Waals surface area contributed by atoms with Crippen LogP contribution in [0, 0.1) is 13.8 Å². The molecule has 168 valence electrons. The van der Waals surface area contributed by atoms with Gasteiger partial charge in [0.2, 0.25) is 5.91 Å². The summed E-state index contributed by atoms with van der Waals surface area (Å²) in [5.74, 6) is 0.244. The highest BCUT2D eigenvalue weighted by Gasteiger charge is 2.31. The summed E-state index contributed by atoms with van der Waals surface area (Å²) < 4.78 is 6.77. The number of benzene rings is 2. The summed E-state index contributed by atoms with van der Waals surface area (Å²) in [6.45, 7) is 11.9. The number of nitrogens with zero attached hydrogens (tertiary/aromatic N) is 1. The molecule has 31 heavy (non-hydrogen) atoms. The van der Waals surface area contributed by atoms with Crippen molar-refractivity contribution in [2.45, 2.75) is 66.1 Å². The standard InChI is InChI=1S/C25H33BrN2O3/c1-7-22(24(30)27-25(4,5)6)28(15-19-11-9-8-10-17(19)2)23(29)16-31-20-12-13-21(26)18(3)14-20/h8-14,22H,7,15-16H2,1-6H3,(H,27,30)/t22-/m0/s1. The maximum Gasteiger partial charge on any atom is 0.261 e. The molecule has 0 spiro atoms. The van der Waals surface area contributed by atoms with Crippen LogP contribution in [0.25, 0.3) is 0 Å². The van der Waals surface area contributed by atoms with Gasteiger partial charge >= 0.3 is 0 Å². The molecule has 1 atom stereocenters. The summed E-state index contributed by atoms with van der Waals surface area (Å²) in [6, 6.07) is 12.9. The quantitative estimate of drug-likeness (QED) is 0.557. The molecule has 0 unspecified atom stereocenters. The third-order valence-electron chi connectivity index (χ3n) is 4.98. The van der Waals surface area contributed by atoms with Crippen molar-refractivity contribution < 1.29 is 14.3 Å². The predicted molar refractivity (Wildman–Crippen MR) is 128 cm³/mol. The Morgan fingerprint density at radius 2 is 1.77 bits per heavy atom. The van der Waals surface area contributed by atoms with Gasteiger partial charge < -0.3 is 15.0 Å². The van der Waals surface area contributed by atoms with Crippen molar-refractivity contribution >= 4 is 27.7 Å². The van der Waals surface area contributed by atoms with Gasteiger partial charge in [0.1, 0.15) is 11.8 Å². The average Bonchev–Trinajstić information content (AvgIpc) is 2.68. The highest BCUT2D eigenvalue weighted by Crippen LogP contribution is 2.22. The summed E-state index contributed by atoms with van der Waals surface area (Å²) in [5.41, 5.74) is 2.73. The molecule has 0 bridgehead atoms.